The molecule has 0 amide bonds. The number of phenols is 1. The Labute approximate surface area is 102 Å². The average Bonchev–Trinajstić information content (AvgIpc) is 2.36. The number of carbonyl (C=O) groups is 3. The summed E-state index contributed by atoms with van der Waals surface area (Å²) in [6, 6.07) is 1.84. The summed E-state index contributed by atoms with van der Waals surface area (Å²) >= 11 is 0. The topological polar surface area (TPSA) is 144 Å². The molecule has 0 aromatic heterocycles. The van der Waals surface area contributed by atoms with Gasteiger partial charge in [0.1, 0.15) is 11.3 Å². The minimum absolute atomic E-state index is 0.129. The smallest absolute Gasteiger partial charge is 0.339 e. The molecule has 0 unspecified atom stereocenters. The van der Waals surface area contributed by atoms with Crippen LogP contribution in [0.15, 0.2) is 12.1 Å². The molecule has 0 aliphatic heterocycles. The third kappa shape index (κ3) is 2.53. The maximum Gasteiger partial charge on any atom is 0.339 e. The number of carboxylic acids is 1. The van der Waals surface area contributed by atoms with Crippen LogP contribution in [0.25, 0.3) is 0 Å². The van der Waals surface area contributed by atoms with E-state index in [1.807, 2.05) is 0 Å². The van der Waals surface area contributed by atoms with Crippen molar-refractivity contribution in [3.63, 3.8) is 0 Å². The highest BCUT2D eigenvalue weighted by Gasteiger charge is 2.21. The molecule has 7 nitrogen and oxygen atoms in total. The fourth-order valence-corrected chi connectivity index (χ4v) is 1.44. The summed E-state index contributed by atoms with van der Waals surface area (Å²) in [7, 11) is 0. The number of aromatic carboxylic acids is 1. The molecule has 0 atom stereocenters. The molecular formula is C11H12N2O5. The molecule has 6 N–H and O–H groups in total. The van der Waals surface area contributed by atoms with Crippen molar-refractivity contribution in [2.75, 3.05) is 13.1 Å². The monoisotopic (exact) mass is 252 g/mol. The summed E-state index contributed by atoms with van der Waals surface area (Å²) in [5.41, 5.74) is 9.60. The van der Waals surface area contributed by atoms with E-state index in [-0.39, 0.29) is 24.2 Å². The van der Waals surface area contributed by atoms with Crippen molar-refractivity contribution in [2.24, 2.45) is 11.5 Å². The van der Waals surface area contributed by atoms with Gasteiger partial charge >= 0.3 is 5.97 Å². The Morgan fingerprint density at radius 1 is 0.944 bits per heavy atom. The van der Waals surface area contributed by atoms with Crippen molar-refractivity contribution in [3.05, 3.63) is 28.8 Å². The van der Waals surface area contributed by atoms with Crippen LogP contribution in [0, 0.1) is 0 Å². The Bertz CT molecular complexity index is 524. The van der Waals surface area contributed by atoms with Crippen molar-refractivity contribution < 1.29 is 24.6 Å². The number of nitrogens with two attached hydrogens (primary N) is 2. The van der Waals surface area contributed by atoms with Crippen molar-refractivity contribution in [3.8, 4) is 5.75 Å². The molecule has 0 aliphatic rings. The highest BCUT2D eigenvalue weighted by Crippen LogP contribution is 2.23. The van der Waals surface area contributed by atoms with E-state index in [0.29, 0.717) is 0 Å². The van der Waals surface area contributed by atoms with Gasteiger partial charge in [-0.15, -0.1) is 0 Å². The van der Waals surface area contributed by atoms with Gasteiger partial charge in [0.05, 0.1) is 13.1 Å². The second-order valence-electron chi connectivity index (χ2n) is 3.47. The average molecular weight is 252 g/mol. The van der Waals surface area contributed by atoms with E-state index < -0.39 is 28.8 Å². The molecule has 7 heteroatoms. The summed E-state index contributed by atoms with van der Waals surface area (Å²) < 4.78 is 0. The lowest BCUT2D eigenvalue weighted by atomic mass is 9.96. The molecule has 0 radical (unpaired) electrons. The zero-order valence-corrected chi connectivity index (χ0v) is 9.34. The molecule has 1 rings (SSSR count). The minimum Gasteiger partial charge on any atom is -0.507 e. The molecule has 1 aromatic carbocycles. The maximum atomic E-state index is 11.5. The summed E-state index contributed by atoms with van der Waals surface area (Å²) in [6.07, 6.45) is 0. The van der Waals surface area contributed by atoms with E-state index >= 15 is 0 Å². The van der Waals surface area contributed by atoms with Crippen LogP contribution in [0.4, 0.5) is 0 Å². The predicted molar refractivity (Wildman–Crippen MR) is 61.8 cm³/mol. The number of benzene rings is 1. The Hall–Kier alpha value is -2.25. The van der Waals surface area contributed by atoms with Crippen LogP contribution >= 0.6 is 0 Å². The Balaban J connectivity index is 3.51. The summed E-state index contributed by atoms with van der Waals surface area (Å²) in [4.78, 5) is 33.9. The first-order valence-corrected chi connectivity index (χ1v) is 4.99. The normalized spacial score (nSPS) is 10.1. The maximum absolute atomic E-state index is 11.5. The molecule has 0 bridgehead atoms. The third-order valence-corrected chi connectivity index (χ3v) is 2.34. The van der Waals surface area contributed by atoms with Gasteiger partial charge in [0.25, 0.3) is 0 Å². The first-order chi connectivity index (χ1) is 8.42. The standard InChI is InChI=1S/C11H12N2O5/c12-3-9(15)5-1-7(11(17)18)8(14)2-6(5)10(16)4-13/h1-2,14H,3-4,12-13H2,(H,17,18). The summed E-state index contributed by atoms with van der Waals surface area (Å²) in [6.45, 7) is -0.745. The first kappa shape index (κ1) is 13.8. The molecule has 1 aromatic rings. The quantitative estimate of drug-likeness (QED) is 0.511. The van der Waals surface area contributed by atoms with Gasteiger partial charge in [-0.2, -0.15) is 0 Å². The fraction of sp³-hybridized carbons (Fsp3) is 0.182. The SMILES string of the molecule is NCC(=O)c1cc(O)c(C(=O)O)cc1C(=O)CN. The number of hydrogen-bond acceptors (Lipinski definition) is 6. The van der Waals surface area contributed by atoms with Gasteiger partial charge in [0.15, 0.2) is 11.6 Å². The van der Waals surface area contributed by atoms with Gasteiger partial charge in [-0.05, 0) is 12.1 Å². The Kier molecular flexibility index (Phi) is 4.13. The van der Waals surface area contributed by atoms with Crippen LogP contribution in [0.5, 0.6) is 5.75 Å². The molecule has 96 valence electrons. The highest BCUT2D eigenvalue weighted by molar-refractivity contribution is 6.11. The van der Waals surface area contributed by atoms with Crippen molar-refractivity contribution in [1.82, 2.24) is 0 Å². The second kappa shape index (κ2) is 5.39. The molecule has 0 saturated carbocycles. The molecule has 0 saturated heterocycles. The van der Waals surface area contributed by atoms with Gasteiger partial charge in [0.2, 0.25) is 0 Å². The number of Topliss-reactive ketones (excluding diaryl/α,β-unsaturated/α-hetero) is 2. The van der Waals surface area contributed by atoms with Gasteiger partial charge in [-0.1, -0.05) is 0 Å². The summed E-state index contributed by atoms with van der Waals surface area (Å²) in [5.74, 6) is -3.20. The molecule has 0 fully saturated rings. The van der Waals surface area contributed by atoms with Crippen molar-refractivity contribution >= 4 is 17.5 Å². The molecule has 0 spiro atoms. The van der Waals surface area contributed by atoms with Gasteiger partial charge in [-0.3, -0.25) is 9.59 Å². The predicted octanol–water partition coefficient (Wildman–Crippen LogP) is -0.627. The lowest BCUT2D eigenvalue weighted by molar-refractivity contribution is 0.0693. The Morgan fingerprint density at radius 2 is 1.39 bits per heavy atom. The van der Waals surface area contributed by atoms with Crippen molar-refractivity contribution in [2.45, 2.75) is 0 Å². The van der Waals surface area contributed by atoms with E-state index in [2.05, 4.69) is 0 Å². The van der Waals surface area contributed by atoms with Gasteiger partial charge in [0, 0.05) is 11.1 Å². The number of ketones is 2. The van der Waals surface area contributed by atoms with Crippen LogP contribution in [0.2, 0.25) is 0 Å². The molecular weight excluding hydrogens is 240 g/mol. The first-order valence-electron chi connectivity index (χ1n) is 4.99. The van der Waals surface area contributed by atoms with E-state index in [1.165, 1.54) is 0 Å². The second-order valence-corrected chi connectivity index (χ2v) is 3.47. The molecule has 0 aliphatic carbocycles. The number of rotatable bonds is 5. The lowest BCUT2D eigenvalue weighted by Crippen LogP contribution is -2.21. The Morgan fingerprint density at radius 3 is 1.78 bits per heavy atom. The van der Waals surface area contributed by atoms with Crippen LogP contribution in [-0.4, -0.2) is 40.8 Å². The lowest BCUT2D eigenvalue weighted by Gasteiger charge is -2.09. The molecule has 0 heterocycles. The largest absolute Gasteiger partial charge is 0.507 e. The zero-order chi connectivity index (χ0) is 13.9. The van der Waals surface area contributed by atoms with E-state index in [4.69, 9.17) is 16.6 Å². The fourth-order valence-electron chi connectivity index (χ4n) is 1.44. The van der Waals surface area contributed by atoms with E-state index in [0.717, 1.165) is 12.1 Å². The number of carboxylic acid groups (broad SMARTS) is 1. The number of carbonyl (C=O) groups excluding carboxylic acids is 2. The van der Waals surface area contributed by atoms with E-state index in [1.54, 1.807) is 0 Å². The number of aromatic hydroxyl groups is 1. The van der Waals surface area contributed by atoms with Crippen LogP contribution in [-0.2, 0) is 0 Å². The van der Waals surface area contributed by atoms with E-state index in [9.17, 15) is 19.5 Å². The third-order valence-electron chi connectivity index (χ3n) is 2.34. The summed E-state index contributed by atoms with van der Waals surface area (Å²) in [5, 5.41) is 18.3. The van der Waals surface area contributed by atoms with Gasteiger partial charge in [-0.25, -0.2) is 4.79 Å². The van der Waals surface area contributed by atoms with Crippen LogP contribution in [0.3, 0.4) is 0 Å². The van der Waals surface area contributed by atoms with Crippen LogP contribution < -0.4 is 11.5 Å². The van der Waals surface area contributed by atoms with Crippen molar-refractivity contribution in [1.29, 1.82) is 0 Å². The van der Waals surface area contributed by atoms with Crippen LogP contribution in [0.1, 0.15) is 31.1 Å². The zero-order valence-electron chi connectivity index (χ0n) is 9.34. The number of hydrogen-bond donors (Lipinski definition) is 4. The molecule has 18 heavy (non-hydrogen) atoms. The minimum atomic E-state index is -1.41. The highest BCUT2D eigenvalue weighted by atomic mass is 16.4. The van der Waals surface area contributed by atoms with Gasteiger partial charge < -0.3 is 21.7 Å².